The van der Waals surface area contributed by atoms with Gasteiger partial charge in [-0.2, -0.15) is 18.3 Å². The molecule has 2 aromatic carbocycles. The van der Waals surface area contributed by atoms with Gasteiger partial charge in [0.05, 0.1) is 22.8 Å². The Labute approximate surface area is 169 Å². The molecule has 29 heavy (non-hydrogen) atoms. The first-order chi connectivity index (χ1) is 13.7. The van der Waals surface area contributed by atoms with Crippen LogP contribution in [0.2, 0.25) is 5.02 Å². The van der Waals surface area contributed by atoms with Crippen molar-refractivity contribution >= 4 is 22.5 Å². The molecule has 1 N–H and O–H groups in total. The average Bonchev–Trinajstić information content (AvgIpc) is 3.12. The van der Waals surface area contributed by atoms with Crippen molar-refractivity contribution in [2.24, 2.45) is 0 Å². The van der Waals surface area contributed by atoms with Gasteiger partial charge in [-0.3, -0.25) is 4.68 Å². The van der Waals surface area contributed by atoms with E-state index in [2.05, 4.69) is 5.10 Å². The second-order valence-corrected chi connectivity index (χ2v) is 7.90. The summed E-state index contributed by atoms with van der Waals surface area (Å²) in [6.07, 6.45) is 1.83. The predicted molar refractivity (Wildman–Crippen MR) is 102 cm³/mol. The summed E-state index contributed by atoms with van der Waals surface area (Å²) in [5.74, 6) is -0.857. The summed E-state index contributed by atoms with van der Waals surface area (Å²) in [5.41, 5.74) is -3.52. The first kappa shape index (κ1) is 20.2. The van der Waals surface area contributed by atoms with Crippen LogP contribution in [0.15, 0.2) is 42.6 Å². The molecule has 0 spiro atoms. The lowest BCUT2D eigenvalue weighted by atomic mass is 9.85. The molecule has 1 aliphatic carbocycles. The van der Waals surface area contributed by atoms with Gasteiger partial charge in [-0.05, 0) is 48.2 Å². The van der Waals surface area contributed by atoms with Crippen LogP contribution < -0.4 is 0 Å². The maximum atomic E-state index is 14.0. The molecule has 8 heteroatoms. The Morgan fingerprint density at radius 2 is 1.66 bits per heavy atom. The largest absolute Gasteiger partial charge is 0.425 e. The smallest absolute Gasteiger partial charge is 0.372 e. The molecule has 1 saturated carbocycles. The van der Waals surface area contributed by atoms with Crippen LogP contribution in [0.5, 0.6) is 0 Å². The highest BCUT2D eigenvalue weighted by Crippen LogP contribution is 2.45. The molecule has 0 aliphatic heterocycles. The molecule has 0 amide bonds. The fraction of sp³-hybridized carbons (Fsp3) is 0.381. The van der Waals surface area contributed by atoms with Crippen LogP contribution in [0.1, 0.15) is 49.3 Å². The number of halogens is 5. The van der Waals surface area contributed by atoms with E-state index in [1.165, 1.54) is 24.8 Å². The average molecular weight is 427 g/mol. The van der Waals surface area contributed by atoms with E-state index >= 15 is 0 Å². The van der Waals surface area contributed by atoms with Crippen LogP contribution in [-0.4, -0.2) is 21.1 Å². The van der Waals surface area contributed by atoms with E-state index in [1.54, 1.807) is 6.07 Å². The lowest BCUT2D eigenvalue weighted by Gasteiger charge is -2.32. The number of benzene rings is 2. The summed E-state index contributed by atoms with van der Waals surface area (Å²) in [6, 6.07) is 6.82. The van der Waals surface area contributed by atoms with Gasteiger partial charge in [0.15, 0.2) is 0 Å². The number of aliphatic hydroxyl groups is 1. The third kappa shape index (κ3) is 3.40. The van der Waals surface area contributed by atoms with Crippen molar-refractivity contribution in [2.75, 3.05) is 0 Å². The Balaban J connectivity index is 1.82. The Morgan fingerprint density at radius 1 is 1.00 bits per heavy atom. The van der Waals surface area contributed by atoms with Crippen molar-refractivity contribution in [3.8, 4) is 0 Å². The molecule has 0 bridgehead atoms. The first-order valence-corrected chi connectivity index (χ1v) is 9.82. The van der Waals surface area contributed by atoms with Crippen LogP contribution in [0.3, 0.4) is 0 Å². The Morgan fingerprint density at radius 3 is 2.31 bits per heavy atom. The van der Waals surface area contributed by atoms with Crippen LogP contribution in [-0.2, 0) is 5.60 Å². The standard InChI is InChI=1S/C21H19ClF4N2O/c22-17-11-15(6-8-18(17)23)20(29,21(24,25)26)14-7-9-19-13(10-14)12-27-28(19)16-4-2-1-3-5-16/h6-12,16,29H,1-5H2. The molecule has 1 heterocycles. The number of rotatable bonds is 3. The van der Waals surface area contributed by atoms with E-state index in [-0.39, 0.29) is 11.6 Å². The summed E-state index contributed by atoms with van der Waals surface area (Å²) >= 11 is 5.68. The molecule has 1 atom stereocenters. The molecule has 4 rings (SSSR count). The quantitative estimate of drug-likeness (QED) is 0.511. The van der Waals surface area contributed by atoms with Gasteiger partial charge in [-0.1, -0.05) is 43.0 Å². The molecule has 3 aromatic rings. The topological polar surface area (TPSA) is 38.1 Å². The summed E-state index contributed by atoms with van der Waals surface area (Å²) < 4.78 is 57.3. The third-order valence-corrected chi connectivity index (χ3v) is 5.97. The molecule has 0 radical (unpaired) electrons. The van der Waals surface area contributed by atoms with Gasteiger partial charge >= 0.3 is 6.18 Å². The van der Waals surface area contributed by atoms with Gasteiger partial charge in [0.25, 0.3) is 0 Å². The number of alkyl halides is 3. The summed E-state index contributed by atoms with van der Waals surface area (Å²) in [5, 5.41) is 15.2. The molecule has 154 valence electrons. The lowest BCUT2D eigenvalue weighted by molar-refractivity contribution is -0.248. The molecule has 3 nitrogen and oxygen atoms in total. The second kappa shape index (κ2) is 7.29. The zero-order chi connectivity index (χ0) is 20.8. The minimum absolute atomic E-state index is 0.226. The molecular formula is C21H19ClF4N2O. The van der Waals surface area contributed by atoms with Gasteiger partial charge in [0.2, 0.25) is 5.60 Å². The van der Waals surface area contributed by atoms with Crippen molar-refractivity contribution in [1.82, 2.24) is 9.78 Å². The van der Waals surface area contributed by atoms with Crippen LogP contribution in [0.4, 0.5) is 17.6 Å². The Bertz CT molecular complexity index is 1040. The highest BCUT2D eigenvalue weighted by atomic mass is 35.5. The maximum absolute atomic E-state index is 14.0. The van der Waals surface area contributed by atoms with Gasteiger partial charge in [-0.25, -0.2) is 4.39 Å². The van der Waals surface area contributed by atoms with Crippen LogP contribution in [0, 0.1) is 5.82 Å². The van der Waals surface area contributed by atoms with Crippen molar-refractivity contribution in [3.05, 3.63) is 64.6 Å². The van der Waals surface area contributed by atoms with E-state index in [0.29, 0.717) is 5.39 Å². The number of aromatic nitrogens is 2. The zero-order valence-electron chi connectivity index (χ0n) is 15.4. The number of hydrogen-bond acceptors (Lipinski definition) is 2. The molecule has 1 aromatic heterocycles. The van der Waals surface area contributed by atoms with Crippen LogP contribution >= 0.6 is 11.6 Å². The minimum Gasteiger partial charge on any atom is -0.372 e. The number of fused-ring (bicyclic) bond motifs is 1. The third-order valence-electron chi connectivity index (χ3n) is 5.68. The number of hydrogen-bond donors (Lipinski definition) is 1. The molecular weight excluding hydrogens is 408 g/mol. The summed E-state index contributed by atoms with van der Waals surface area (Å²) in [6.45, 7) is 0. The first-order valence-electron chi connectivity index (χ1n) is 9.44. The zero-order valence-corrected chi connectivity index (χ0v) is 16.1. The molecule has 1 unspecified atom stereocenters. The van der Waals surface area contributed by atoms with Crippen LogP contribution in [0.25, 0.3) is 10.9 Å². The second-order valence-electron chi connectivity index (χ2n) is 7.49. The van der Waals surface area contributed by atoms with Gasteiger partial charge < -0.3 is 5.11 Å². The summed E-state index contributed by atoms with van der Waals surface area (Å²) in [7, 11) is 0. The maximum Gasteiger partial charge on any atom is 0.425 e. The summed E-state index contributed by atoms with van der Waals surface area (Å²) in [4.78, 5) is 0. The van der Waals surface area contributed by atoms with E-state index in [1.807, 2.05) is 4.68 Å². The lowest BCUT2D eigenvalue weighted by Crippen LogP contribution is -2.43. The monoisotopic (exact) mass is 426 g/mol. The highest BCUT2D eigenvalue weighted by molar-refractivity contribution is 6.30. The van der Waals surface area contributed by atoms with Gasteiger partial charge in [0.1, 0.15) is 5.82 Å². The van der Waals surface area contributed by atoms with E-state index in [4.69, 9.17) is 11.6 Å². The number of nitrogens with zero attached hydrogens (tertiary/aromatic N) is 2. The van der Waals surface area contributed by atoms with Crippen molar-refractivity contribution < 1.29 is 22.7 Å². The molecule has 1 fully saturated rings. The fourth-order valence-corrected chi connectivity index (χ4v) is 4.29. The molecule has 0 saturated heterocycles. The van der Waals surface area contributed by atoms with Gasteiger partial charge in [-0.15, -0.1) is 0 Å². The normalized spacial score (nSPS) is 18.1. The van der Waals surface area contributed by atoms with Crippen molar-refractivity contribution in [2.45, 2.75) is 49.9 Å². The van der Waals surface area contributed by atoms with Gasteiger partial charge in [0, 0.05) is 5.39 Å². The van der Waals surface area contributed by atoms with Crippen molar-refractivity contribution in [1.29, 1.82) is 0 Å². The predicted octanol–water partition coefficient (Wildman–Crippen LogP) is 6.13. The Hall–Kier alpha value is -2.12. The SMILES string of the molecule is OC(c1ccc(F)c(Cl)c1)(c1ccc2c(cnn2C2CCCCC2)c1)C(F)(F)F. The van der Waals surface area contributed by atoms with E-state index in [9.17, 15) is 22.7 Å². The highest BCUT2D eigenvalue weighted by Gasteiger charge is 2.56. The van der Waals surface area contributed by atoms with E-state index in [0.717, 1.165) is 49.4 Å². The van der Waals surface area contributed by atoms with Crippen molar-refractivity contribution in [3.63, 3.8) is 0 Å². The fourth-order valence-electron chi connectivity index (χ4n) is 4.11. The van der Waals surface area contributed by atoms with E-state index < -0.39 is 28.2 Å². The Kier molecular flexibility index (Phi) is 5.07. The molecule has 1 aliphatic rings. The minimum atomic E-state index is -5.04.